The van der Waals surface area contributed by atoms with Crippen molar-refractivity contribution in [3.8, 4) is 12.3 Å². The number of terminal acetylenes is 1. The van der Waals surface area contributed by atoms with Gasteiger partial charge < -0.3 is 39.6 Å². The summed E-state index contributed by atoms with van der Waals surface area (Å²) in [6, 6.07) is 1.47. The number of carbonyl (C=O) groups is 2. The second-order valence-electron chi connectivity index (χ2n) is 9.60. The molecule has 4 N–H and O–H groups in total. The maximum Gasteiger partial charge on any atom is 0.510 e. The molecule has 43 heavy (non-hydrogen) atoms. The van der Waals surface area contributed by atoms with Crippen molar-refractivity contribution in [3.63, 3.8) is 0 Å². The Morgan fingerprint density at radius 1 is 1.16 bits per heavy atom. The maximum atomic E-state index is 14.7. The van der Waals surface area contributed by atoms with Crippen LogP contribution in [0, 0.1) is 12.3 Å². The molecule has 238 valence electrons. The number of anilines is 1. The number of nitrogen functional groups attached to an aromatic ring is 1. The summed E-state index contributed by atoms with van der Waals surface area (Å²) in [7, 11) is -4.92. The first kappa shape index (κ1) is 33.9. The fourth-order valence-corrected chi connectivity index (χ4v) is 4.71. The van der Waals surface area contributed by atoms with E-state index >= 15 is 0 Å². The number of fused-ring (bicyclic) bond motifs is 1. The summed E-state index contributed by atoms with van der Waals surface area (Å²) in [6.07, 6.45) is 0.617. The fraction of sp³-hybridized carbons (Fsp3) is 0.583. The number of imidazole rings is 1. The highest BCUT2D eigenvalue weighted by Crippen LogP contribution is 2.53. The highest BCUT2D eigenvalue weighted by Gasteiger charge is 2.65. The molecule has 1 aliphatic heterocycles. The van der Waals surface area contributed by atoms with E-state index in [2.05, 4.69) is 19.4 Å². The summed E-state index contributed by atoms with van der Waals surface area (Å²) >= 11 is 0. The van der Waals surface area contributed by atoms with Crippen LogP contribution in [0.3, 0.4) is 0 Å². The molecule has 0 unspecified atom stereocenters. The predicted octanol–water partition coefficient (Wildman–Crippen LogP) is 2.17. The summed E-state index contributed by atoms with van der Waals surface area (Å²) in [5.74, 6) is 1.99. The third kappa shape index (κ3) is 7.70. The van der Waals surface area contributed by atoms with E-state index in [-0.39, 0.29) is 16.9 Å². The average molecular weight is 635 g/mol. The number of alkyl halides is 1. The van der Waals surface area contributed by atoms with Crippen LogP contribution in [-0.2, 0) is 41.8 Å². The van der Waals surface area contributed by atoms with Crippen LogP contribution in [0.4, 0.5) is 19.7 Å². The number of nitrogens with zero attached hydrogens (tertiary/aromatic N) is 3. The standard InChI is InChI=1S/C24H32FN4O13P/c1-6-24(33)19(30)23(9-25,42-20(24)29-11-28-17-16(26)7-8-27-18(17)29)10-37-43(34,38-12-35-21(31)40-14(2)3)39-13-36-22(32)41-15(4)5/h1,7-8,11,14-15,19-20,30,33H,9-10,12-13H2,2-5H3,(H2,26,27)/t19-,20-,23-,24-/m1/s1. The van der Waals surface area contributed by atoms with Gasteiger partial charge in [-0.1, -0.05) is 5.92 Å². The van der Waals surface area contributed by atoms with Gasteiger partial charge in [-0.15, -0.1) is 6.42 Å². The predicted molar refractivity (Wildman–Crippen MR) is 141 cm³/mol. The second kappa shape index (κ2) is 13.8. The number of nitrogens with two attached hydrogens (primary N) is 1. The molecule has 1 aliphatic rings. The quantitative estimate of drug-likeness (QED) is 0.124. The molecule has 3 rings (SSSR count). The first-order valence-corrected chi connectivity index (χ1v) is 14.1. The van der Waals surface area contributed by atoms with Gasteiger partial charge in [-0.05, 0) is 33.8 Å². The Morgan fingerprint density at radius 2 is 1.74 bits per heavy atom. The van der Waals surface area contributed by atoms with Crippen LogP contribution in [0.2, 0.25) is 0 Å². The van der Waals surface area contributed by atoms with E-state index in [1.165, 1.54) is 12.3 Å². The lowest BCUT2D eigenvalue weighted by Gasteiger charge is -2.31. The fourth-order valence-electron chi connectivity index (χ4n) is 3.74. The number of phosphoric acid groups is 1. The van der Waals surface area contributed by atoms with Crippen molar-refractivity contribution < 1.29 is 66.0 Å². The van der Waals surface area contributed by atoms with E-state index in [1.807, 2.05) is 5.92 Å². The summed E-state index contributed by atoms with van der Waals surface area (Å²) < 4.78 is 68.7. The van der Waals surface area contributed by atoms with Crippen molar-refractivity contribution in [1.29, 1.82) is 0 Å². The molecule has 0 amide bonds. The molecule has 2 aromatic rings. The van der Waals surface area contributed by atoms with E-state index in [0.717, 1.165) is 10.9 Å². The molecule has 0 aliphatic carbocycles. The minimum atomic E-state index is -4.92. The highest BCUT2D eigenvalue weighted by molar-refractivity contribution is 7.48. The molecule has 17 nitrogen and oxygen atoms in total. The Bertz CT molecular complexity index is 1350. The molecule has 0 saturated carbocycles. The van der Waals surface area contributed by atoms with E-state index in [4.69, 9.17) is 39.9 Å². The molecule has 4 atom stereocenters. The summed E-state index contributed by atoms with van der Waals surface area (Å²) in [4.78, 5) is 31.6. The topological polar surface area (TPSA) is 222 Å². The van der Waals surface area contributed by atoms with Crippen molar-refractivity contribution in [2.24, 2.45) is 0 Å². The van der Waals surface area contributed by atoms with Gasteiger partial charge in [-0.3, -0.25) is 9.09 Å². The number of aliphatic hydroxyl groups is 2. The number of aliphatic hydroxyl groups excluding tert-OH is 1. The Kier molecular flexibility index (Phi) is 10.9. The Balaban J connectivity index is 1.83. The third-order valence-electron chi connectivity index (χ3n) is 5.75. The van der Waals surface area contributed by atoms with Gasteiger partial charge in [0.05, 0.1) is 30.8 Å². The Labute approximate surface area is 244 Å². The number of hydrogen-bond acceptors (Lipinski definition) is 16. The SMILES string of the molecule is C#C[C@@]1(O)[C@H](O)[C@@](CF)(COP(=O)(OCOC(=O)OC(C)C)OCOC(=O)OC(C)C)O[C@H]1n1cnc2c(N)ccnc21. The molecule has 3 heterocycles. The van der Waals surface area contributed by atoms with Gasteiger partial charge in [0.2, 0.25) is 13.6 Å². The zero-order valence-corrected chi connectivity index (χ0v) is 24.5. The number of phosphoric ester groups is 1. The molecular weight excluding hydrogens is 602 g/mol. The molecule has 0 spiro atoms. The van der Waals surface area contributed by atoms with Crippen LogP contribution in [0.1, 0.15) is 33.9 Å². The molecular formula is C24H32FN4O13P. The molecule has 1 saturated heterocycles. The third-order valence-corrected chi connectivity index (χ3v) is 7.03. The minimum Gasteiger partial charge on any atom is -0.432 e. The highest BCUT2D eigenvalue weighted by atomic mass is 31.2. The van der Waals surface area contributed by atoms with E-state index in [1.54, 1.807) is 27.7 Å². The summed E-state index contributed by atoms with van der Waals surface area (Å²) in [5, 5.41) is 22.3. The van der Waals surface area contributed by atoms with Crippen molar-refractivity contribution in [3.05, 3.63) is 18.6 Å². The average Bonchev–Trinajstić information content (AvgIpc) is 3.45. The number of halogens is 1. The van der Waals surface area contributed by atoms with Crippen LogP contribution in [0.25, 0.3) is 11.2 Å². The van der Waals surface area contributed by atoms with E-state index in [9.17, 15) is 28.8 Å². The summed E-state index contributed by atoms with van der Waals surface area (Å²) in [5.41, 5.74) is 1.32. The lowest BCUT2D eigenvalue weighted by molar-refractivity contribution is -0.139. The van der Waals surface area contributed by atoms with Crippen molar-refractivity contribution >= 4 is 37.0 Å². The first-order valence-electron chi connectivity index (χ1n) is 12.6. The van der Waals surface area contributed by atoms with Crippen LogP contribution in [0.15, 0.2) is 18.6 Å². The maximum absolute atomic E-state index is 14.7. The van der Waals surface area contributed by atoms with Crippen molar-refractivity contribution in [1.82, 2.24) is 14.5 Å². The smallest absolute Gasteiger partial charge is 0.432 e. The van der Waals surface area contributed by atoms with Gasteiger partial charge in [-0.25, -0.2) is 37.6 Å². The van der Waals surface area contributed by atoms with Crippen molar-refractivity contribution in [2.75, 3.05) is 32.6 Å². The van der Waals surface area contributed by atoms with Crippen LogP contribution >= 0.6 is 7.82 Å². The van der Waals surface area contributed by atoms with Crippen LogP contribution < -0.4 is 5.73 Å². The summed E-state index contributed by atoms with van der Waals surface area (Å²) in [6.45, 7) is 1.36. The number of pyridine rings is 1. The van der Waals surface area contributed by atoms with E-state index in [0.29, 0.717) is 0 Å². The van der Waals surface area contributed by atoms with Crippen LogP contribution in [0.5, 0.6) is 0 Å². The lowest BCUT2D eigenvalue weighted by atomic mass is 9.87. The Hall–Kier alpha value is -3.56. The number of ether oxygens (including phenoxy) is 5. The molecule has 1 fully saturated rings. The van der Waals surface area contributed by atoms with Gasteiger partial charge in [0, 0.05) is 6.20 Å². The minimum absolute atomic E-state index is 0.0784. The largest absolute Gasteiger partial charge is 0.510 e. The van der Waals surface area contributed by atoms with Gasteiger partial charge in [0.15, 0.2) is 23.1 Å². The number of aromatic nitrogens is 3. The van der Waals surface area contributed by atoms with Gasteiger partial charge in [0.1, 0.15) is 18.3 Å². The monoisotopic (exact) mass is 634 g/mol. The molecule has 2 aromatic heterocycles. The lowest BCUT2D eigenvalue weighted by Crippen LogP contribution is -2.53. The molecule has 0 bridgehead atoms. The van der Waals surface area contributed by atoms with Gasteiger partial charge in [-0.2, -0.15) is 0 Å². The number of hydrogen-bond donors (Lipinski definition) is 3. The van der Waals surface area contributed by atoms with E-state index < -0.39 is 82.7 Å². The van der Waals surface area contributed by atoms with Crippen LogP contribution in [-0.4, -0.2) is 93.4 Å². The van der Waals surface area contributed by atoms with Gasteiger partial charge in [0.25, 0.3) is 0 Å². The first-order chi connectivity index (χ1) is 20.2. The number of rotatable bonds is 13. The normalized spacial score (nSPS) is 23.8. The zero-order valence-electron chi connectivity index (χ0n) is 23.6. The molecule has 0 radical (unpaired) electrons. The second-order valence-corrected chi connectivity index (χ2v) is 11.3. The number of carbonyl (C=O) groups excluding carboxylic acids is 2. The Morgan fingerprint density at radius 3 is 2.26 bits per heavy atom. The molecule has 0 aromatic carbocycles. The molecule has 19 heteroatoms. The zero-order chi connectivity index (χ0) is 32.0. The van der Waals surface area contributed by atoms with Crippen molar-refractivity contribution in [2.45, 2.75) is 63.4 Å². The van der Waals surface area contributed by atoms with Gasteiger partial charge >= 0.3 is 20.1 Å².